The highest BCUT2D eigenvalue weighted by atomic mass is 16.3. The number of rotatable bonds is 24. The minimum atomic E-state index is -0.338. The van der Waals surface area contributed by atoms with E-state index in [9.17, 15) is 10.2 Å². The van der Waals surface area contributed by atoms with Crippen molar-refractivity contribution in [3.8, 4) is 0 Å². The molecule has 4 rings (SSSR count). The van der Waals surface area contributed by atoms with Gasteiger partial charge in [-0.25, -0.2) is 18.3 Å². The first kappa shape index (κ1) is 66.6. The summed E-state index contributed by atoms with van der Waals surface area (Å²) < 4.78 is 8.95. The SMILES string of the molecule is C.C.C.C.CC(C)(C)CC(O)CCCCC(O)C[n+]1ccc(CCCc2cc[n+](C(C)(C)C)cc2)cc1.CC(C)(C)CCCCCCCC[n+]1ccc(CCCc2cc[n+](C(C)(C)C)cc2)cc1. The van der Waals surface area contributed by atoms with Crippen LogP contribution < -0.4 is 18.3 Å². The van der Waals surface area contributed by atoms with Gasteiger partial charge in [0.2, 0.25) is 0 Å². The average Bonchev–Trinajstić information content (AvgIpc) is 3.21. The lowest BCUT2D eigenvalue weighted by Gasteiger charge is -2.22. The second kappa shape index (κ2) is 33.2. The van der Waals surface area contributed by atoms with Crippen LogP contribution in [0.4, 0.5) is 0 Å². The van der Waals surface area contributed by atoms with Crippen LogP contribution in [0.3, 0.4) is 0 Å². The van der Waals surface area contributed by atoms with Crippen LogP contribution in [0.25, 0.3) is 0 Å². The van der Waals surface area contributed by atoms with E-state index in [1.165, 1.54) is 73.6 Å². The van der Waals surface area contributed by atoms with E-state index >= 15 is 0 Å². The molecule has 6 heteroatoms. The van der Waals surface area contributed by atoms with Crippen LogP contribution in [0.2, 0.25) is 0 Å². The zero-order valence-corrected chi connectivity index (χ0v) is 43.2. The van der Waals surface area contributed by atoms with Gasteiger partial charge in [-0.05, 0) is 104 Å². The maximum atomic E-state index is 10.4. The molecule has 0 aromatic carbocycles. The minimum Gasteiger partial charge on any atom is -0.393 e. The third-order valence-corrected chi connectivity index (χ3v) is 12.3. The van der Waals surface area contributed by atoms with Gasteiger partial charge >= 0.3 is 0 Å². The second-order valence-corrected chi connectivity index (χ2v) is 23.4. The molecule has 0 amide bonds. The number of unbranched alkanes of at least 4 members (excludes halogenated alkanes) is 6. The zero-order chi connectivity index (χ0) is 47.2. The molecule has 4 aromatic heterocycles. The summed E-state index contributed by atoms with van der Waals surface area (Å²) in [5.41, 5.74) is 6.56. The molecule has 68 heavy (non-hydrogen) atoms. The Labute approximate surface area is 422 Å². The number of aryl methyl sites for hydroxylation is 5. The Morgan fingerprint density at radius 3 is 1.09 bits per heavy atom. The Morgan fingerprint density at radius 1 is 0.382 bits per heavy atom. The van der Waals surface area contributed by atoms with Gasteiger partial charge in [0, 0.05) is 96.5 Å². The third-order valence-electron chi connectivity index (χ3n) is 12.3. The van der Waals surface area contributed by atoms with E-state index < -0.39 is 0 Å². The van der Waals surface area contributed by atoms with Crippen molar-refractivity contribution in [2.75, 3.05) is 0 Å². The van der Waals surface area contributed by atoms with E-state index in [1.807, 2.05) is 0 Å². The summed E-state index contributed by atoms with van der Waals surface area (Å²) in [7, 11) is 0. The van der Waals surface area contributed by atoms with E-state index in [-0.39, 0.29) is 58.4 Å². The number of aliphatic hydroxyl groups excluding tert-OH is 2. The lowest BCUT2D eigenvalue weighted by atomic mass is 9.87. The number of aliphatic hydroxyl groups is 2. The lowest BCUT2D eigenvalue weighted by molar-refractivity contribution is -0.754. The molecule has 0 saturated heterocycles. The average molecular weight is 946 g/mol. The predicted molar refractivity (Wildman–Crippen MR) is 294 cm³/mol. The van der Waals surface area contributed by atoms with Crippen molar-refractivity contribution in [2.45, 2.75) is 265 Å². The van der Waals surface area contributed by atoms with Crippen molar-refractivity contribution in [1.29, 1.82) is 0 Å². The molecule has 6 nitrogen and oxygen atoms in total. The molecule has 2 atom stereocenters. The van der Waals surface area contributed by atoms with Crippen molar-refractivity contribution in [3.63, 3.8) is 0 Å². The summed E-state index contributed by atoms with van der Waals surface area (Å²) in [6, 6.07) is 18.0. The highest BCUT2D eigenvalue weighted by Crippen LogP contribution is 2.24. The van der Waals surface area contributed by atoms with Crippen LogP contribution in [0.1, 0.15) is 225 Å². The number of aromatic nitrogens is 4. The Bertz CT molecular complexity index is 1810. The number of nitrogens with zero attached hydrogens (tertiary/aromatic N) is 4. The van der Waals surface area contributed by atoms with Crippen molar-refractivity contribution in [3.05, 3.63) is 120 Å². The van der Waals surface area contributed by atoms with Gasteiger partial charge in [-0.2, -0.15) is 0 Å². The molecular formula is C62H112N4O2+4. The van der Waals surface area contributed by atoms with E-state index in [0.29, 0.717) is 12.0 Å². The van der Waals surface area contributed by atoms with Crippen LogP contribution in [0, 0.1) is 10.8 Å². The number of hydrogen-bond donors (Lipinski definition) is 2. The zero-order valence-electron chi connectivity index (χ0n) is 43.2. The van der Waals surface area contributed by atoms with E-state index in [1.54, 1.807) is 0 Å². The molecule has 0 radical (unpaired) electrons. The molecule has 0 fully saturated rings. The Hall–Kier alpha value is -3.48. The van der Waals surface area contributed by atoms with Crippen LogP contribution in [-0.2, 0) is 49.9 Å². The normalized spacial score (nSPS) is 12.6. The summed E-state index contributed by atoms with van der Waals surface area (Å²) in [6.45, 7) is 28.7. The topological polar surface area (TPSA) is 56.0 Å². The lowest BCUT2D eigenvalue weighted by Crippen LogP contribution is -2.49. The van der Waals surface area contributed by atoms with Gasteiger partial charge in [-0.1, -0.05) is 110 Å². The van der Waals surface area contributed by atoms with Gasteiger partial charge < -0.3 is 10.2 Å². The van der Waals surface area contributed by atoms with Crippen molar-refractivity contribution >= 4 is 0 Å². The first-order chi connectivity index (χ1) is 30.1. The van der Waals surface area contributed by atoms with Gasteiger partial charge in [-0.3, -0.25) is 0 Å². The quantitative estimate of drug-likeness (QED) is 0.0543. The van der Waals surface area contributed by atoms with Crippen molar-refractivity contribution < 1.29 is 28.5 Å². The summed E-state index contributed by atoms with van der Waals surface area (Å²) in [6.07, 6.45) is 37.7. The Morgan fingerprint density at radius 2 is 0.721 bits per heavy atom. The first-order valence-corrected chi connectivity index (χ1v) is 25.4. The summed E-state index contributed by atoms with van der Waals surface area (Å²) in [5, 5.41) is 20.5. The highest BCUT2D eigenvalue weighted by molar-refractivity contribution is 5.12. The summed E-state index contributed by atoms with van der Waals surface area (Å²) in [5.74, 6) is 0. The molecule has 2 N–H and O–H groups in total. The monoisotopic (exact) mass is 945 g/mol. The van der Waals surface area contributed by atoms with Gasteiger partial charge in [0.15, 0.2) is 67.2 Å². The fourth-order valence-electron chi connectivity index (χ4n) is 8.28. The smallest absolute Gasteiger partial charge is 0.174 e. The van der Waals surface area contributed by atoms with Gasteiger partial charge in [0.05, 0.1) is 6.10 Å². The third kappa shape index (κ3) is 30.2. The largest absolute Gasteiger partial charge is 0.393 e. The molecule has 0 saturated carbocycles. The van der Waals surface area contributed by atoms with Crippen LogP contribution in [-0.4, -0.2) is 22.4 Å². The molecule has 2 unspecified atom stereocenters. The van der Waals surface area contributed by atoms with Crippen molar-refractivity contribution in [2.24, 2.45) is 10.8 Å². The number of hydrogen-bond acceptors (Lipinski definition) is 2. The van der Waals surface area contributed by atoms with Crippen LogP contribution >= 0.6 is 0 Å². The maximum absolute atomic E-state index is 10.4. The predicted octanol–water partition coefficient (Wildman–Crippen LogP) is 14.4. The fourth-order valence-corrected chi connectivity index (χ4v) is 8.28. The highest BCUT2D eigenvalue weighted by Gasteiger charge is 2.22. The molecule has 388 valence electrons. The molecule has 4 aromatic rings. The summed E-state index contributed by atoms with van der Waals surface area (Å²) >= 11 is 0. The van der Waals surface area contributed by atoms with E-state index in [2.05, 4.69) is 199 Å². The first-order valence-electron chi connectivity index (χ1n) is 25.4. The molecule has 0 aliphatic rings. The van der Waals surface area contributed by atoms with Gasteiger partial charge in [-0.15, -0.1) is 0 Å². The van der Waals surface area contributed by atoms with Gasteiger partial charge in [0.1, 0.15) is 12.6 Å². The molecular weight excluding hydrogens is 833 g/mol. The summed E-state index contributed by atoms with van der Waals surface area (Å²) in [4.78, 5) is 0. The standard InChI is InChI=1S/C29H48N2O2.C29H48N2.4CH4/c1-28(2,3)22-26(32)12-7-8-13-27(33)23-30-18-14-24(15-19-30)10-9-11-25-16-20-31(21-17-25)29(4,5)6;1-28(2,3)20-11-9-7-8-10-12-21-30-22-16-26(17-23-30)14-13-15-27-18-24-31(25-19-27)29(4,5)6;;;;/h14-21,26-27,32-33H,7-13,22-23H2,1-6H3;16-19,22-25H,7-15,20-21H2,1-6H3;4*1H4/q2*+2;;;;. The molecule has 0 aliphatic carbocycles. The fraction of sp³-hybridized carbons (Fsp3) is 0.677. The Kier molecular flexibility index (Phi) is 32.5. The van der Waals surface area contributed by atoms with Crippen LogP contribution in [0.15, 0.2) is 98.1 Å². The number of pyridine rings is 4. The van der Waals surface area contributed by atoms with Gasteiger partial charge in [0.25, 0.3) is 0 Å². The van der Waals surface area contributed by atoms with E-state index in [4.69, 9.17) is 0 Å². The molecule has 4 heterocycles. The van der Waals surface area contributed by atoms with E-state index in [0.717, 1.165) is 70.8 Å². The maximum Gasteiger partial charge on any atom is 0.174 e. The molecule has 0 spiro atoms. The van der Waals surface area contributed by atoms with Crippen LogP contribution in [0.5, 0.6) is 0 Å². The minimum absolute atomic E-state index is 0. The molecule has 0 bridgehead atoms. The second-order valence-electron chi connectivity index (χ2n) is 23.4. The molecule has 0 aliphatic heterocycles. The van der Waals surface area contributed by atoms with Crippen molar-refractivity contribution in [1.82, 2.24) is 0 Å². The Balaban J connectivity index is 0.